The largest absolute Gasteiger partial charge is 0.480 e. The van der Waals surface area contributed by atoms with Gasteiger partial charge in [-0.05, 0) is 69.2 Å². The predicted molar refractivity (Wildman–Crippen MR) is 144 cm³/mol. The van der Waals surface area contributed by atoms with Gasteiger partial charge in [0.25, 0.3) is 5.19 Å². The minimum atomic E-state index is -0.879. The Morgan fingerprint density at radius 2 is 1.89 bits per heavy atom. The number of rotatable bonds is 11. The van der Waals surface area contributed by atoms with E-state index in [0.29, 0.717) is 24.8 Å². The number of benzene rings is 2. The fourth-order valence-corrected chi connectivity index (χ4v) is 5.45. The van der Waals surface area contributed by atoms with E-state index >= 15 is 0 Å². The highest BCUT2D eigenvalue weighted by molar-refractivity contribution is 8.01. The van der Waals surface area contributed by atoms with Gasteiger partial charge in [0.15, 0.2) is 0 Å². The maximum atomic E-state index is 11.4. The molecule has 2 aromatic heterocycles. The van der Waals surface area contributed by atoms with Crippen LogP contribution in [-0.2, 0) is 24.4 Å². The molecule has 1 N–H and O–H groups in total. The van der Waals surface area contributed by atoms with E-state index in [0.717, 1.165) is 32.4 Å². The predicted octanol–water partition coefficient (Wildman–Crippen LogP) is 7.30. The van der Waals surface area contributed by atoms with Gasteiger partial charge < -0.3 is 14.3 Å². The third-order valence-corrected chi connectivity index (χ3v) is 7.67. The van der Waals surface area contributed by atoms with E-state index in [1.807, 2.05) is 49.5 Å². The first-order valence-electron chi connectivity index (χ1n) is 11.6. The lowest BCUT2D eigenvalue weighted by Gasteiger charge is -2.21. The molecule has 8 heteroatoms. The summed E-state index contributed by atoms with van der Waals surface area (Å²) >= 11 is 2.88. The Hall–Kier alpha value is -3.07. The average molecular weight is 523 g/mol. The highest BCUT2D eigenvalue weighted by atomic mass is 32.2. The molecule has 0 saturated carbocycles. The average Bonchev–Trinajstić information content (AvgIpc) is 3.49. The highest BCUT2D eigenvalue weighted by Crippen LogP contribution is 2.33. The van der Waals surface area contributed by atoms with E-state index in [9.17, 15) is 9.90 Å². The molecule has 0 aliphatic rings. The summed E-state index contributed by atoms with van der Waals surface area (Å²) in [5.74, 6) is 0.881. The van der Waals surface area contributed by atoms with Crippen LogP contribution in [0.5, 0.6) is 10.9 Å². The van der Waals surface area contributed by atoms with Gasteiger partial charge >= 0.3 is 5.97 Å². The molecule has 0 aliphatic heterocycles. The van der Waals surface area contributed by atoms with Crippen molar-refractivity contribution in [1.29, 1.82) is 0 Å². The summed E-state index contributed by atoms with van der Waals surface area (Å²) in [6, 6.07) is 18.1. The van der Waals surface area contributed by atoms with Crippen LogP contribution in [0.4, 0.5) is 0 Å². The molecule has 0 radical (unpaired) electrons. The number of aliphatic carboxylic acids is 1. The summed E-state index contributed by atoms with van der Waals surface area (Å²) in [7, 11) is 0. The lowest BCUT2D eigenvalue weighted by atomic mass is 10.1. The Morgan fingerprint density at radius 3 is 2.56 bits per heavy atom. The molecule has 0 bridgehead atoms. The fourth-order valence-electron chi connectivity index (χ4n) is 3.69. The van der Waals surface area contributed by atoms with Gasteiger partial charge in [-0.1, -0.05) is 41.2 Å². The maximum absolute atomic E-state index is 11.4. The van der Waals surface area contributed by atoms with Crippen LogP contribution in [0, 0.1) is 13.8 Å². The fraction of sp³-hybridized carbons (Fsp3) is 0.286. The summed E-state index contributed by atoms with van der Waals surface area (Å²) < 4.78 is 10.8. The van der Waals surface area contributed by atoms with Crippen molar-refractivity contribution in [1.82, 2.24) is 9.88 Å². The van der Waals surface area contributed by atoms with Crippen molar-refractivity contribution in [2.45, 2.75) is 57.0 Å². The Labute approximate surface area is 219 Å². The normalized spacial score (nSPS) is 11.7. The van der Waals surface area contributed by atoms with Crippen molar-refractivity contribution in [3.63, 3.8) is 0 Å². The first-order chi connectivity index (χ1) is 17.2. The van der Waals surface area contributed by atoms with Gasteiger partial charge in [-0.3, -0.25) is 9.69 Å². The summed E-state index contributed by atoms with van der Waals surface area (Å²) in [5.41, 5.74) is 3.42. The van der Waals surface area contributed by atoms with Crippen LogP contribution in [0.1, 0.15) is 41.2 Å². The number of carboxylic acids is 1. The van der Waals surface area contributed by atoms with E-state index in [4.69, 9.17) is 9.15 Å². The van der Waals surface area contributed by atoms with Crippen LogP contribution in [0.2, 0.25) is 0 Å². The van der Waals surface area contributed by atoms with Crippen molar-refractivity contribution in [3.05, 3.63) is 94.4 Å². The lowest BCUT2D eigenvalue weighted by Crippen LogP contribution is -2.26. The van der Waals surface area contributed by atoms with Crippen LogP contribution in [0.25, 0.3) is 0 Å². The molecule has 6 nitrogen and oxygen atoms in total. The van der Waals surface area contributed by atoms with Crippen LogP contribution in [0.3, 0.4) is 0 Å². The zero-order valence-electron chi connectivity index (χ0n) is 20.9. The number of thiazole rings is 1. The van der Waals surface area contributed by atoms with Crippen molar-refractivity contribution in [3.8, 4) is 10.9 Å². The molecule has 188 valence electrons. The van der Waals surface area contributed by atoms with Gasteiger partial charge in [0, 0.05) is 29.1 Å². The Kier molecular flexibility index (Phi) is 8.18. The molecule has 0 aliphatic carbocycles. The van der Waals surface area contributed by atoms with Gasteiger partial charge in [-0.25, -0.2) is 4.98 Å². The van der Waals surface area contributed by atoms with Crippen LogP contribution < -0.4 is 4.74 Å². The van der Waals surface area contributed by atoms with E-state index < -0.39 is 10.7 Å². The SMILES string of the molecule is Cc1ccc(Oc2ncc(CN(Cc3ccc(SC(C)(C)C(=O)O)cc3)Cc3ccco3)s2)c(C)c1. The van der Waals surface area contributed by atoms with Crippen LogP contribution >= 0.6 is 23.1 Å². The van der Waals surface area contributed by atoms with Crippen molar-refractivity contribution in [2.24, 2.45) is 0 Å². The highest BCUT2D eigenvalue weighted by Gasteiger charge is 2.28. The first-order valence-corrected chi connectivity index (χ1v) is 13.3. The zero-order chi connectivity index (χ0) is 25.7. The van der Waals surface area contributed by atoms with Crippen molar-refractivity contribution < 1.29 is 19.1 Å². The number of carboxylic acid groups (broad SMARTS) is 1. The molecular formula is C28H30N2O4S2. The molecule has 4 rings (SSSR count). The summed E-state index contributed by atoms with van der Waals surface area (Å²) in [6.07, 6.45) is 3.55. The molecule has 0 fully saturated rings. The molecule has 2 aromatic carbocycles. The Balaban J connectivity index is 1.45. The number of ether oxygens (including phenoxy) is 1. The van der Waals surface area contributed by atoms with Crippen molar-refractivity contribution in [2.75, 3.05) is 0 Å². The van der Waals surface area contributed by atoms with E-state index in [-0.39, 0.29) is 0 Å². The summed E-state index contributed by atoms with van der Waals surface area (Å²) in [5, 5.41) is 10.0. The van der Waals surface area contributed by atoms with E-state index in [1.54, 1.807) is 20.1 Å². The van der Waals surface area contributed by atoms with E-state index in [1.165, 1.54) is 28.7 Å². The molecule has 0 unspecified atom stereocenters. The molecule has 36 heavy (non-hydrogen) atoms. The minimum absolute atomic E-state index is 0.623. The number of hydrogen-bond donors (Lipinski definition) is 1. The quantitative estimate of drug-likeness (QED) is 0.207. The second-order valence-electron chi connectivity index (χ2n) is 9.25. The molecule has 2 heterocycles. The minimum Gasteiger partial charge on any atom is -0.480 e. The zero-order valence-corrected chi connectivity index (χ0v) is 22.5. The molecule has 0 amide bonds. The van der Waals surface area contributed by atoms with E-state index in [2.05, 4.69) is 35.0 Å². The van der Waals surface area contributed by atoms with Gasteiger partial charge in [0.1, 0.15) is 16.3 Å². The number of nitrogens with zero attached hydrogens (tertiary/aromatic N) is 2. The first kappa shape index (κ1) is 26.0. The summed E-state index contributed by atoms with van der Waals surface area (Å²) in [4.78, 5) is 20.2. The Morgan fingerprint density at radius 1 is 1.11 bits per heavy atom. The molecular weight excluding hydrogens is 492 g/mol. The number of aromatic nitrogens is 1. The molecule has 0 atom stereocenters. The third kappa shape index (κ3) is 7.00. The van der Waals surface area contributed by atoms with Gasteiger partial charge in [0.05, 0.1) is 12.8 Å². The number of hydrogen-bond acceptors (Lipinski definition) is 7. The molecule has 4 aromatic rings. The number of thioether (sulfide) groups is 1. The second kappa shape index (κ2) is 11.3. The van der Waals surface area contributed by atoms with Crippen LogP contribution in [-0.4, -0.2) is 25.7 Å². The monoisotopic (exact) mass is 522 g/mol. The number of aryl methyl sites for hydroxylation is 2. The standard InChI is InChI=1S/C28H30N2O4S2/c1-19-7-12-25(20(2)14-19)34-27-29-15-24(35-27)18-30(17-22-6-5-13-33-22)16-21-8-10-23(11-9-21)36-28(3,4)26(31)32/h5-15H,16-18H2,1-4H3,(H,31,32). The number of carbonyl (C=O) groups is 1. The van der Waals surface area contributed by atoms with Crippen LogP contribution in [0.15, 0.2) is 76.4 Å². The lowest BCUT2D eigenvalue weighted by molar-refractivity contribution is -0.138. The molecule has 0 saturated heterocycles. The molecule has 0 spiro atoms. The number of furan rings is 1. The van der Waals surface area contributed by atoms with Gasteiger partial charge in [-0.15, -0.1) is 11.8 Å². The van der Waals surface area contributed by atoms with Gasteiger partial charge in [-0.2, -0.15) is 0 Å². The van der Waals surface area contributed by atoms with Crippen molar-refractivity contribution >= 4 is 29.1 Å². The smallest absolute Gasteiger partial charge is 0.319 e. The topological polar surface area (TPSA) is 75.8 Å². The maximum Gasteiger partial charge on any atom is 0.319 e. The van der Waals surface area contributed by atoms with Gasteiger partial charge in [0.2, 0.25) is 0 Å². The second-order valence-corrected chi connectivity index (χ2v) is 12.0. The summed E-state index contributed by atoms with van der Waals surface area (Å²) in [6.45, 7) is 9.58. The third-order valence-electron chi connectivity index (χ3n) is 5.62. The Bertz CT molecular complexity index is 1300.